The van der Waals surface area contributed by atoms with Crippen LogP contribution in [0.4, 0.5) is 14.5 Å². The van der Waals surface area contributed by atoms with Crippen molar-refractivity contribution < 1.29 is 23.5 Å². The Morgan fingerprint density at radius 3 is 2.29 bits per heavy atom. The summed E-state index contributed by atoms with van der Waals surface area (Å²) in [5.41, 5.74) is 7.91. The largest absolute Gasteiger partial charge is 0.399 e. The fraction of sp³-hybridized carbons (Fsp3) is 0.355. The Morgan fingerprint density at radius 2 is 1.62 bits per heavy atom. The number of halogens is 2. The van der Waals surface area contributed by atoms with E-state index in [9.17, 15) is 23.5 Å². The van der Waals surface area contributed by atoms with Crippen molar-refractivity contribution in [2.75, 3.05) is 31.9 Å². The number of carbonyl (C=O) groups is 2. The summed E-state index contributed by atoms with van der Waals surface area (Å²) >= 11 is 1.50. The molecule has 0 aromatic heterocycles. The van der Waals surface area contributed by atoms with Gasteiger partial charge in [0, 0.05) is 36.3 Å². The van der Waals surface area contributed by atoms with Crippen molar-refractivity contribution in [3.63, 3.8) is 0 Å². The topological polar surface area (TPSA) is 120 Å². The lowest BCUT2D eigenvalue weighted by Gasteiger charge is -2.30. The first-order chi connectivity index (χ1) is 20.1. The highest BCUT2D eigenvalue weighted by Gasteiger charge is 2.25. The minimum atomic E-state index is -0.912. The van der Waals surface area contributed by atoms with E-state index in [0.29, 0.717) is 30.1 Å². The highest BCUT2D eigenvalue weighted by atomic mass is 32.2. The van der Waals surface area contributed by atoms with Gasteiger partial charge < -0.3 is 26.8 Å². The first kappa shape index (κ1) is 33.0. The van der Waals surface area contributed by atoms with E-state index in [-0.39, 0.29) is 26.2 Å². The van der Waals surface area contributed by atoms with E-state index in [1.165, 1.54) is 24.1 Å². The number of rotatable bonds is 16. The molecule has 0 radical (unpaired) electrons. The number of amides is 2. The van der Waals surface area contributed by atoms with Crippen LogP contribution < -0.4 is 21.7 Å². The molecule has 1 unspecified atom stereocenters. The van der Waals surface area contributed by atoms with Gasteiger partial charge in [0.2, 0.25) is 11.8 Å². The van der Waals surface area contributed by atoms with Crippen molar-refractivity contribution in [1.82, 2.24) is 20.3 Å². The van der Waals surface area contributed by atoms with Gasteiger partial charge in [-0.15, -0.1) is 0 Å². The molecule has 2 amide bonds. The number of aliphatic hydroxyl groups is 1. The van der Waals surface area contributed by atoms with Gasteiger partial charge in [-0.1, -0.05) is 50.2 Å². The fourth-order valence-electron chi connectivity index (χ4n) is 4.30. The Balaban J connectivity index is 1.57. The van der Waals surface area contributed by atoms with Crippen LogP contribution in [0.1, 0.15) is 25.0 Å². The molecule has 0 fully saturated rings. The fourth-order valence-corrected chi connectivity index (χ4v) is 5.52. The first-order valence-corrected chi connectivity index (χ1v) is 14.6. The quantitative estimate of drug-likeness (QED) is 0.126. The number of nitrogen functional groups attached to an aromatic ring is 1. The molecule has 0 spiro atoms. The maximum Gasteiger partial charge on any atom is 0.239 e. The number of carbonyl (C=O) groups excluding carboxylic acids is 2. The summed E-state index contributed by atoms with van der Waals surface area (Å²) in [7, 11) is 0. The highest BCUT2D eigenvalue weighted by Crippen LogP contribution is 2.26. The molecule has 42 heavy (non-hydrogen) atoms. The number of nitrogens with one attached hydrogen (secondary N) is 3. The van der Waals surface area contributed by atoms with E-state index in [2.05, 4.69) is 34.1 Å². The normalized spacial score (nSPS) is 12.7. The zero-order valence-corrected chi connectivity index (χ0v) is 24.7. The molecule has 3 aromatic carbocycles. The number of anilines is 1. The summed E-state index contributed by atoms with van der Waals surface area (Å²) in [4.78, 5) is 26.0. The van der Waals surface area contributed by atoms with Crippen molar-refractivity contribution >= 4 is 29.4 Å². The van der Waals surface area contributed by atoms with Crippen LogP contribution in [0.25, 0.3) is 0 Å². The van der Waals surface area contributed by atoms with Gasteiger partial charge in [0.25, 0.3) is 0 Å². The monoisotopic (exact) mass is 599 g/mol. The van der Waals surface area contributed by atoms with Gasteiger partial charge in [-0.3, -0.25) is 9.59 Å². The van der Waals surface area contributed by atoms with Crippen LogP contribution in [-0.4, -0.2) is 59.6 Å². The molecule has 0 saturated heterocycles. The third-order valence-corrected chi connectivity index (χ3v) is 7.17. The molecule has 0 bridgehead atoms. The second kappa shape index (κ2) is 16.8. The second-order valence-corrected chi connectivity index (χ2v) is 11.7. The third-order valence-electron chi connectivity index (χ3n) is 6.14. The van der Waals surface area contributed by atoms with Crippen molar-refractivity contribution in [3.8, 4) is 0 Å². The van der Waals surface area contributed by atoms with E-state index >= 15 is 0 Å². The lowest BCUT2D eigenvalue weighted by molar-refractivity contribution is -0.126. The number of nitrogens with zero attached hydrogens (tertiary/aromatic N) is 1. The Labute approximate surface area is 250 Å². The third kappa shape index (κ3) is 12.2. The summed E-state index contributed by atoms with van der Waals surface area (Å²) in [5, 5.41) is 19.5. The van der Waals surface area contributed by atoms with Crippen molar-refractivity contribution in [3.05, 3.63) is 95.6 Å². The van der Waals surface area contributed by atoms with Crippen LogP contribution >= 0.6 is 11.9 Å². The molecule has 0 aliphatic rings. The minimum absolute atomic E-state index is 0.0834. The van der Waals surface area contributed by atoms with Gasteiger partial charge in [0.15, 0.2) is 0 Å². The molecule has 6 N–H and O–H groups in total. The van der Waals surface area contributed by atoms with E-state index in [1.807, 2.05) is 54.6 Å². The molecular formula is C31H39F2N5O3S. The van der Waals surface area contributed by atoms with Gasteiger partial charge in [-0.2, -0.15) is 0 Å². The number of hydrogen-bond acceptors (Lipinski definition) is 7. The number of hydrogen-bond donors (Lipinski definition) is 5. The molecular weight excluding hydrogens is 560 g/mol. The lowest BCUT2D eigenvalue weighted by atomic mass is 10.0. The molecule has 0 saturated carbocycles. The zero-order valence-electron chi connectivity index (χ0n) is 23.9. The van der Waals surface area contributed by atoms with E-state index < -0.39 is 35.6 Å². The molecule has 0 aliphatic heterocycles. The van der Waals surface area contributed by atoms with Crippen molar-refractivity contribution in [2.45, 2.75) is 43.9 Å². The van der Waals surface area contributed by atoms with E-state index in [1.54, 1.807) is 0 Å². The highest BCUT2D eigenvalue weighted by molar-refractivity contribution is 7.97. The van der Waals surface area contributed by atoms with Crippen LogP contribution in [-0.2, 0) is 22.6 Å². The summed E-state index contributed by atoms with van der Waals surface area (Å²) in [6, 6.07) is 19.6. The molecule has 3 aromatic rings. The number of aliphatic hydroxyl groups excluding tert-OH is 1. The van der Waals surface area contributed by atoms with Crippen LogP contribution in [0, 0.1) is 17.6 Å². The van der Waals surface area contributed by atoms with E-state index in [4.69, 9.17) is 5.73 Å². The lowest BCUT2D eigenvalue weighted by Crippen LogP contribution is -2.51. The Kier molecular flexibility index (Phi) is 13.2. The van der Waals surface area contributed by atoms with Gasteiger partial charge >= 0.3 is 0 Å². The van der Waals surface area contributed by atoms with Gasteiger partial charge in [-0.25, -0.2) is 13.1 Å². The predicted molar refractivity (Wildman–Crippen MR) is 162 cm³/mol. The molecule has 3 rings (SSSR count). The first-order valence-electron chi connectivity index (χ1n) is 13.8. The van der Waals surface area contributed by atoms with Crippen LogP contribution in [0.2, 0.25) is 0 Å². The molecule has 226 valence electrons. The summed E-state index contributed by atoms with van der Waals surface area (Å²) < 4.78 is 28.7. The van der Waals surface area contributed by atoms with Crippen LogP contribution in [0.5, 0.6) is 0 Å². The standard InChI is InChI=1S/C31H39F2N5O3S/c1-21(2)19-38(42-27-10-6-9-26(34)15-27)20-29(39)28(13-22-7-4-3-5-8-22)37-31(41)18-36-30(40)17-35-16-23-11-24(32)14-25(33)12-23/h3-12,14-15,21,28-29,35,39H,13,16-20,34H2,1-2H3,(H,36,40)(H,37,41)/t28-,29?/m0/s1. The van der Waals surface area contributed by atoms with Crippen LogP contribution in [0.15, 0.2) is 77.7 Å². The van der Waals surface area contributed by atoms with Gasteiger partial charge in [0.05, 0.1) is 25.2 Å². The molecule has 8 nitrogen and oxygen atoms in total. The Morgan fingerprint density at radius 1 is 0.905 bits per heavy atom. The molecule has 11 heteroatoms. The summed E-state index contributed by atoms with van der Waals surface area (Å²) in [6.45, 7) is 4.82. The maximum absolute atomic E-state index is 13.3. The molecule has 0 aliphatic carbocycles. The smallest absolute Gasteiger partial charge is 0.239 e. The van der Waals surface area contributed by atoms with E-state index in [0.717, 1.165) is 16.5 Å². The van der Waals surface area contributed by atoms with Crippen LogP contribution in [0.3, 0.4) is 0 Å². The number of benzene rings is 3. The predicted octanol–water partition coefficient (Wildman–Crippen LogP) is 3.51. The average Bonchev–Trinajstić information content (AvgIpc) is 2.91. The van der Waals surface area contributed by atoms with Gasteiger partial charge in [0.1, 0.15) is 11.6 Å². The average molecular weight is 600 g/mol. The summed E-state index contributed by atoms with van der Waals surface area (Å²) in [5.74, 6) is -1.97. The minimum Gasteiger partial charge on any atom is -0.399 e. The van der Waals surface area contributed by atoms with Crippen molar-refractivity contribution in [2.24, 2.45) is 5.92 Å². The molecule has 2 atom stereocenters. The Hall–Kier alpha value is -3.51. The Bertz CT molecular complexity index is 1280. The zero-order chi connectivity index (χ0) is 30.5. The summed E-state index contributed by atoms with van der Waals surface area (Å²) in [6.07, 6.45) is -0.517. The molecule has 0 heterocycles. The van der Waals surface area contributed by atoms with Gasteiger partial charge in [-0.05, 0) is 65.7 Å². The number of nitrogens with two attached hydrogens (primary N) is 1. The maximum atomic E-state index is 13.3. The SMILES string of the molecule is CC(C)CN(CC(O)[C@H](Cc1ccccc1)NC(=O)CNC(=O)CNCc1cc(F)cc(F)c1)Sc1cccc(N)c1. The van der Waals surface area contributed by atoms with Crippen molar-refractivity contribution in [1.29, 1.82) is 0 Å². The second-order valence-electron chi connectivity index (χ2n) is 10.5.